The largest absolute Gasteiger partial charge is 4.00 e. The number of quaternary nitrogens is 2. The van der Waals surface area contributed by atoms with Gasteiger partial charge in [0.05, 0.1) is 0 Å². The van der Waals surface area contributed by atoms with Gasteiger partial charge in [0.2, 0.25) is 0 Å². The van der Waals surface area contributed by atoms with Crippen LogP contribution < -0.4 is 63.4 Å². The van der Waals surface area contributed by atoms with E-state index in [2.05, 4.69) is 0 Å². The average Bonchev–Trinajstić information content (AvgIpc) is 1.94. The first kappa shape index (κ1) is 57.4. The Hall–Kier alpha value is -1.96. The van der Waals surface area contributed by atoms with E-state index < -0.39 is 30.8 Å². The normalized spacial score (nSPS) is 5.00. The molecule has 8 N–H and O–H groups in total. The third kappa shape index (κ3) is 1880. The van der Waals surface area contributed by atoms with Crippen molar-refractivity contribution in [1.82, 2.24) is 12.3 Å². The molecule has 0 spiro atoms. The molecule has 0 bridgehead atoms. The number of carbonyl (C=O) groups excluding carboxylic acids is 5. The van der Waals surface area contributed by atoms with Crippen molar-refractivity contribution in [3.8, 4) is 0 Å². The minimum atomic E-state index is -2.33. The van der Waals surface area contributed by atoms with Crippen molar-refractivity contribution in [1.29, 1.82) is 0 Å². The van der Waals surface area contributed by atoms with Crippen LogP contribution in [0, 0.1) is 0 Å². The maximum Gasteiger partial charge on any atom is 4.00 e. The number of carbonyl (C=O) groups is 5. The molecule has 0 saturated carbocycles. The van der Waals surface area contributed by atoms with Crippen molar-refractivity contribution in [2.75, 3.05) is 0 Å². The van der Waals surface area contributed by atoms with E-state index >= 15 is 0 Å². The SMILES string of the molecule is O=C([O-])[O-].O=C([O-])[O-].O=C([O-])[O-].O=C([O-])[O-].O=C([O-])[O-].[NH4+].[NH4+].[Zr+4].[Zr+4]. The molecule has 0 aliphatic rings. The Morgan fingerprint density at radius 2 is 0.333 bits per heavy atom. The van der Waals surface area contributed by atoms with E-state index in [0.717, 1.165) is 0 Å². The Bertz CT molecular complexity index is 221. The first-order valence-electron chi connectivity index (χ1n) is 3.06. The Labute approximate surface area is 170 Å². The average molecular weight is 519 g/mol. The molecular weight excluding hydrogens is 511 g/mol. The summed E-state index contributed by atoms with van der Waals surface area (Å²) in [5, 5.41) is 83.3. The zero-order chi connectivity index (χ0) is 17.9. The van der Waals surface area contributed by atoms with Crippen LogP contribution in [0.4, 0.5) is 24.0 Å². The summed E-state index contributed by atoms with van der Waals surface area (Å²) in [6, 6.07) is 0. The Kier molecular flexibility index (Phi) is 119. The van der Waals surface area contributed by atoms with Crippen molar-refractivity contribution >= 4 is 30.8 Å². The third-order valence-corrected chi connectivity index (χ3v) is 0. The van der Waals surface area contributed by atoms with Gasteiger partial charge in [-0.3, -0.25) is 0 Å². The van der Waals surface area contributed by atoms with Crippen molar-refractivity contribution in [2.24, 2.45) is 0 Å². The summed E-state index contributed by atoms with van der Waals surface area (Å²) in [6.07, 6.45) is -11.7. The molecule has 0 unspecified atom stereocenters. The van der Waals surface area contributed by atoms with E-state index in [1.165, 1.54) is 0 Å². The molecule has 0 heterocycles. The van der Waals surface area contributed by atoms with Crippen molar-refractivity contribution < 1.29 is 127 Å². The fourth-order valence-corrected chi connectivity index (χ4v) is 0. The van der Waals surface area contributed by atoms with E-state index in [-0.39, 0.29) is 64.7 Å². The van der Waals surface area contributed by atoms with Gasteiger partial charge in [-0.1, -0.05) is 0 Å². The molecule has 0 rings (SSSR count). The summed E-state index contributed by atoms with van der Waals surface area (Å²) < 4.78 is 0. The van der Waals surface area contributed by atoms with Gasteiger partial charge in [0.15, 0.2) is 0 Å². The van der Waals surface area contributed by atoms with Gasteiger partial charge in [0, 0.05) is 0 Å². The minimum Gasteiger partial charge on any atom is -0.652 e. The maximum atomic E-state index is 8.33. The monoisotopic (exact) mass is 516 g/mol. The van der Waals surface area contributed by atoms with E-state index in [1.54, 1.807) is 0 Å². The number of rotatable bonds is 0. The van der Waals surface area contributed by atoms with Crippen LogP contribution in [0.15, 0.2) is 0 Å². The molecule has 0 atom stereocenters. The van der Waals surface area contributed by atoms with Crippen molar-refractivity contribution in [3.05, 3.63) is 0 Å². The maximum absolute atomic E-state index is 8.33. The van der Waals surface area contributed by atoms with Gasteiger partial charge < -0.3 is 87.3 Å². The van der Waals surface area contributed by atoms with Crippen LogP contribution in [0.1, 0.15) is 0 Å². The Balaban J connectivity index is -0.0000000161. The predicted molar refractivity (Wildman–Crippen MR) is 38.9 cm³/mol. The molecule has 0 aromatic rings. The van der Waals surface area contributed by atoms with Gasteiger partial charge in [-0.05, 0) is 30.8 Å². The number of hydrogen-bond acceptors (Lipinski definition) is 15. The van der Waals surface area contributed by atoms with E-state index in [0.29, 0.717) is 0 Å². The molecular formula is C5H8N2O15Zr2. The van der Waals surface area contributed by atoms with E-state index in [4.69, 9.17) is 75.0 Å². The molecule has 136 valence electrons. The molecule has 0 aromatic carbocycles. The zero-order valence-corrected chi connectivity index (χ0v) is 16.5. The second kappa shape index (κ2) is 49.7. The molecule has 0 saturated heterocycles. The fourth-order valence-electron chi connectivity index (χ4n) is 0. The predicted octanol–water partition coefficient (Wildman–Crippen LogP) is -11.5. The molecule has 24 heavy (non-hydrogen) atoms. The van der Waals surface area contributed by atoms with E-state index in [9.17, 15) is 0 Å². The van der Waals surface area contributed by atoms with Gasteiger partial charge in [-0.25, -0.2) is 0 Å². The van der Waals surface area contributed by atoms with Gasteiger partial charge in [0.1, 0.15) is 0 Å². The number of carboxylic acid groups (broad SMARTS) is 10. The quantitative estimate of drug-likeness (QED) is 0.300. The molecule has 17 nitrogen and oxygen atoms in total. The van der Waals surface area contributed by atoms with Crippen LogP contribution in [0.3, 0.4) is 0 Å². The standard InChI is InChI=1S/5CH2O3.2H3N.2Zr/c5*2-1(3)4;;;;/h5*(H2,2,3,4);2*1H3;;/q;;;;;;;2*+4/p-8. The second-order valence-electron chi connectivity index (χ2n) is 1.25. The van der Waals surface area contributed by atoms with Gasteiger partial charge in [-0.15, -0.1) is 0 Å². The molecule has 0 fully saturated rings. The molecule has 19 heteroatoms. The molecule has 0 aliphatic carbocycles. The zero-order valence-electron chi connectivity index (χ0n) is 11.6. The topological polar surface area (TPSA) is 389 Å². The fraction of sp³-hybridized carbons (Fsp3) is 0. The Morgan fingerprint density at radius 3 is 0.333 bits per heavy atom. The summed E-state index contributed by atoms with van der Waals surface area (Å²) >= 11 is 0. The van der Waals surface area contributed by atoms with Gasteiger partial charge in [0.25, 0.3) is 0 Å². The van der Waals surface area contributed by atoms with Crippen LogP contribution in [-0.2, 0) is 52.4 Å². The van der Waals surface area contributed by atoms with Crippen molar-refractivity contribution in [2.45, 2.75) is 0 Å². The summed E-state index contributed by atoms with van der Waals surface area (Å²) in [7, 11) is 0. The van der Waals surface area contributed by atoms with Crippen LogP contribution >= 0.6 is 0 Å². The summed E-state index contributed by atoms with van der Waals surface area (Å²) in [4.78, 5) is 41.7. The van der Waals surface area contributed by atoms with Gasteiger partial charge >= 0.3 is 52.4 Å². The minimum absolute atomic E-state index is 0. The van der Waals surface area contributed by atoms with Gasteiger partial charge in [-0.2, -0.15) is 0 Å². The van der Waals surface area contributed by atoms with Crippen LogP contribution in [0.5, 0.6) is 0 Å². The second-order valence-corrected chi connectivity index (χ2v) is 1.25. The summed E-state index contributed by atoms with van der Waals surface area (Å²) in [5.41, 5.74) is 0. The van der Waals surface area contributed by atoms with Crippen molar-refractivity contribution in [3.63, 3.8) is 0 Å². The first-order valence-corrected chi connectivity index (χ1v) is 3.06. The summed E-state index contributed by atoms with van der Waals surface area (Å²) in [6.45, 7) is 0. The molecule has 0 aromatic heterocycles. The first-order chi connectivity index (χ1) is 8.66. The smallest absolute Gasteiger partial charge is 0.652 e. The number of hydrogen-bond donors (Lipinski definition) is 2. The van der Waals surface area contributed by atoms with Crippen LogP contribution in [-0.4, -0.2) is 30.8 Å². The molecule has 0 aliphatic heterocycles. The summed E-state index contributed by atoms with van der Waals surface area (Å²) in [5.74, 6) is 0. The van der Waals surface area contributed by atoms with E-state index in [1.807, 2.05) is 0 Å². The Morgan fingerprint density at radius 1 is 0.333 bits per heavy atom. The third-order valence-electron chi connectivity index (χ3n) is 0. The molecule has 0 amide bonds. The van der Waals surface area contributed by atoms with Crippen LogP contribution in [0.2, 0.25) is 0 Å². The van der Waals surface area contributed by atoms with Crippen LogP contribution in [0.25, 0.3) is 0 Å². The molecule has 0 radical (unpaired) electrons.